The summed E-state index contributed by atoms with van der Waals surface area (Å²) < 4.78 is 5.36. The highest BCUT2D eigenvalue weighted by Crippen LogP contribution is 2.07. The maximum absolute atomic E-state index is 12.3. The molecule has 0 fully saturated rings. The minimum Gasteiger partial charge on any atom is -0.439 e. The lowest BCUT2D eigenvalue weighted by Gasteiger charge is -2.15. The van der Waals surface area contributed by atoms with E-state index in [1.54, 1.807) is 12.1 Å². The van der Waals surface area contributed by atoms with Gasteiger partial charge in [0, 0.05) is 17.5 Å². The zero-order chi connectivity index (χ0) is 18.5. The first-order valence-electron chi connectivity index (χ1n) is 7.99. The topological polar surface area (TPSA) is 128 Å². The summed E-state index contributed by atoms with van der Waals surface area (Å²) in [5, 5.41) is 17.5. The maximum Gasteiger partial charge on any atom is 0.280 e. The molecule has 1 aromatic carbocycles. The smallest absolute Gasteiger partial charge is 0.280 e. The number of amides is 1. The van der Waals surface area contributed by atoms with Gasteiger partial charge in [-0.1, -0.05) is 30.3 Å². The van der Waals surface area contributed by atoms with Gasteiger partial charge in [-0.25, -0.2) is 0 Å². The average molecular weight is 347 g/mol. The number of nitrogens with two attached hydrogens (primary N) is 1. The lowest BCUT2D eigenvalue weighted by Crippen LogP contribution is -2.44. The van der Waals surface area contributed by atoms with Crippen LogP contribution in [0.3, 0.4) is 0 Å². The molecule has 0 saturated heterocycles. The fourth-order valence-electron chi connectivity index (χ4n) is 2.68. The molecule has 26 heavy (non-hydrogen) atoms. The number of hydrogen-bond acceptors (Lipinski definition) is 6. The summed E-state index contributed by atoms with van der Waals surface area (Å²) in [6.07, 6.45) is 4.67. The number of hydrogen-bond donors (Lipinski definition) is 4. The van der Waals surface area contributed by atoms with Gasteiger partial charge in [-0.15, -0.1) is 0 Å². The van der Waals surface area contributed by atoms with E-state index in [2.05, 4.69) is 10.9 Å². The number of nitrogen functional groups attached to an aromatic ring is 1. The molecule has 7 heteroatoms. The van der Waals surface area contributed by atoms with E-state index in [9.17, 15) is 10.1 Å². The van der Waals surface area contributed by atoms with Crippen molar-refractivity contribution in [3.8, 4) is 6.07 Å². The predicted octanol–water partition coefficient (Wildman–Crippen LogP) is 0.252. The van der Waals surface area contributed by atoms with Gasteiger partial charge in [-0.2, -0.15) is 5.26 Å². The molecule has 0 spiro atoms. The number of carbonyl (C=O) groups is 1. The highest BCUT2D eigenvalue weighted by molar-refractivity contribution is 6.01. The first-order chi connectivity index (χ1) is 12.6. The molecule has 0 aliphatic heterocycles. The third-order valence-corrected chi connectivity index (χ3v) is 3.87. The van der Waals surface area contributed by atoms with Crippen LogP contribution in [0, 0.1) is 16.7 Å². The number of carbonyl (C=O) groups excluding carboxylic acids is 1. The Morgan fingerprint density at radius 1 is 1.35 bits per heavy atom. The summed E-state index contributed by atoms with van der Waals surface area (Å²) >= 11 is 0. The van der Waals surface area contributed by atoms with E-state index in [-0.39, 0.29) is 11.1 Å². The molecule has 3 rings (SSSR count). The SMILES string of the molecule is N#CC(=Cc1ccccc1)C(=O)NNC1=c2c(N)cc(=N)oc2=CCC1. The molecule has 1 aromatic heterocycles. The van der Waals surface area contributed by atoms with Crippen LogP contribution in [0.15, 0.2) is 46.4 Å². The molecule has 0 saturated carbocycles. The lowest BCUT2D eigenvalue weighted by atomic mass is 10.1. The normalized spacial score (nSPS) is 13.2. The van der Waals surface area contributed by atoms with Crippen molar-refractivity contribution >= 4 is 29.4 Å². The van der Waals surface area contributed by atoms with Crippen LogP contribution < -0.4 is 32.8 Å². The Balaban J connectivity index is 1.85. The van der Waals surface area contributed by atoms with Gasteiger partial charge >= 0.3 is 0 Å². The molecule has 0 atom stereocenters. The van der Waals surface area contributed by atoms with E-state index in [1.807, 2.05) is 30.3 Å². The standard InChI is InChI=1S/C19H17N5O2/c20-11-13(9-12-5-2-1-3-6-12)19(25)24-23-15-7-4-8-16-18(15)14(21)10-17(22)26-16/h1-3,5-6,8-10,22-23H,4,7,21H2,(H,24,25). The van der Waals surface area contributed by atoms with Gasteiger partial charge in [0.05, 0.1) is 5.22 Å². The van der Waals surface area contributed by atoms with Crippen molar-refractivity contribution in [3.05, 3.63) is 63.7 Å². The maximum atomic E-state index is 12.3. The van der Waals surface area contributed by atoms with Gasteiger partial charge in [-0.05, 0) is 30.6 Å². The third kappa shape index (κ3) is 3.65. The largest absolute Gasteiger partial charge is 0.439 e. The van der Waals surface area contributed by atoms with Crippen molar-refractivity contribution in [1.82, 2.24) is 10.9 Å². The molecule has 130 valence electrons. The molecule has 1 amide bonds. The van der Waals surface area contributed by atoms with Crippen LogP contribution in [0.2, 0.25) is 0 Å². The lowest BCUT2D eigenvalue weighted by molar-refractivity contribution is -0.117. The van der Waals surface area contributed by atoms with Gasteiger partial charge in [0.15, 0.2) is 0 Å². The molecule has 1 aliphatic rings. The van der Waals surface area contributed by atoms with Crippen molar-refractivity contribution < 1.29 is 9.21 Å². The van der Waals surface area contributed by atoms with E-state index in [4.69, 9.17) is 15.6 Å². The summed E-state index contributed by atoms with van der Waals surface area (Å²) in [6.45, 7) is 0. The summed E-state index contributed by atoms with van der Waals surface area (Å²) in [4.78, 5) is 12.3. The number of hydrazine groups is 1. The fraction of sp³-hybridized carbons (Fsp3) is 0.105. The van der Waals surface area contributed by atoms with Crippen LogP contribution in [0.1, 0.15) is 18.4 Å². The first kappa shape index (κ1) is 17.0. The Labute approximate surface area is 149 Å². The Bertz CT molecular complexity index is 1090. The third-order valence-electron chi connectivity index (χ3n) is 3.87. The Kier molecular flexibility index (Phi) is 4.85. The Morgan fingerprint density at radius 3 is 2.85 bits per heavy atom. The van der Waals surface area contributed by atoms with E-state index in [1.165, 1.54) is 12.1 Å². The average Bonchev–Trinajstić information content (AvgIpc) is 2.64. The summed E-state index contributed by atoms with van der Waals surface area (Å²) in [7, 11) is 0. The molecule has 0 unspecified atom stereocenters. The first-order valence-corrected chi connectivity index (χ1v) is 7.99. The quantitative estimate of drug-likeness (QED) is 0.358. The number of rotatable bonds is 4. The van der Waals surface area contributed by atoms with Crippen molar-refractivity contribution in [3.63, 3.8) is 0 Å². The van der Waals surface area contributed by atoms with Crippen LogP contribution in [-0.4, -0.2) is 5.91 Å². The van der Waals surface area contributed by atoms with Crippen molar-refractivity contribution in [2.45, 2.75) is 12.8 Å². The van der Waals surface area contributed by atoms with Crippen LogP contribution in [0.25, 0.3) is 17.8 Å². The second kappa shape index (κ2) is 7.40. The highest BCUT2D eigenvalue weighted by Gasteiger charge is 2.12. The molecule has 7 nitrogen and oxygen atoms in total. The number of nitrogens with zero attached hydrogens (tertiary/aromatic N) is 1. The Morgan fingerprint density at radius 2 is 2.12 bits per heavy atom. The van der Waals surface area contributed by atoms with Crippen LogP contribution in [0.4, 0.5) is 5.69 Å². The summed E-state index contributed by atoms with van der Waals surface area (Å²) in [5.41, 5.74) is 13.6. The summed E-state index contributed by atoms with van der Waals surface area (Å²) in [6, 6.07) is 12.4. The van der Waals surface area contributed by atoms with Crippen LogP contribution >= 0.6 is 0 Å². The van der Waals surface area contributed by atoms with Crippen molar-refractivity contribution in [1.29, 1.82) is 10.7 Å². The molecular weight excluding hydrogens is 330 g/mol. The summed E-state index contributed by atoms with van der Waals surface area (Å²) in [5.74, 6) is -0.549. The van der Waals surface area contributed by atoms with Crippen molar-refractivity contribution in [2.24, 2.45) is 0 Å². The number of fused-ring (bicyclic) bond motifs is 1. The zero-order valence-electron chi connectivity index (χ0n) is 13.9. The fourth-order valence-corrected chi connectivity index (χ4v) is 2.68. The number of anilines is 1. The highest BCUT2D eigenvalue weighted by atomic mass is 16.3. The molecular formula is C19H17N5O2. The minimum atomic E-state index is -0.549. The molecule has 5 N–H and O–H groups in total. The van der Waals surface area contributed by atoms with Gasteiger partial charge in [0.25, 0.3) is 5.91 Å². The molecule has 2 aromatic rings. The number of nitrogens with one attached hydrogen (secondary N) is 3. The molecule has 0 radical (unpaired) electrons. The van der Waals surface area contributed by atoms with E-state index < -0.39 is 5.91 Å². The van der Waals surface area contributed by atoms with Gasteiger partial charge in [0.1, 0.15) is 17.1 Å². The van der Waals surface area contributed by atoms with Gasteiger partial charge in [-0.3, -0.25) is 15.6 Å². The molecule has 0 bridgehead atoms. The van der Waals surface area contributed by atoms with E-state index >= 15 is 0 Å². The number of benzene rings is 1. The minimum absolute atomic E-state index is 0.0222. The second-order valence-electron chi connectivity index (χ2n) is 5.69. The molecule has 1 heterocycles. The van der Waals surface area contributed by atoms with Gasteiger partial charge in [0.2, 0.25) is 5.55 Å². The molecule has 1 aliphatic carbocycles. The number of nitriles is 1. The van der Waals surface area contributed by atoms with Crippen molar-refractivity contribution in [2.75, 3.05) is 5.73 Å². The second-order valence-corrected chi connectivity index (χ2v) is 5.69. The van der Waals surface area contributed by atoms with E-state index in [0.29, 0.717) is 34.9 Å². The monoisotopic (exact) mass is 347 g/mol. The Hall–Kier alpha value is -3.79. The van der Waals surface area contributed by atoms with E-state index in [0.717, 1.165) is 5.56 Å². The van der Waals surface area contributed by atoms with Gasteiger partial charge < -0.3 is 15.6 Å². The predicted molar refractivity (Wildman–Crippen MR) is 96.6 cm³/mol. The van der Waals surface area contributed by atoms with Crippen LogP contribution in [-0.2, 0) is 4.79 Å². The van der Waals surface area contributed by atoms with Crippen LogP contribution in [0.5, 0.6) is 0 Å². The zero-order valence-corrected chi connectivity index (χ0v) is 13.9.